The summed E-state index contributed by atoms with van der Waals surface area (Å²) in [7, 11) is 0. The van der Waals surface area contributed by atoms with Crippen molar-refractivity contribution in [2.75, 3.05) is 29.9 Å². The van der Waals surface area contributed by atoms with E-state index in [0.717, 1.165) is 41.2 Å². The molecule has 1 N–H and O–H groups in total. The Labute approximate surface area is 166 Å². The van der Waals surface area contributed by atoms with E-state index in [9.17, 15) is 4.79 Å². The lowest BCUT2D eigenvalue weighted by molar-refractivity contribution is -0.118. The third-order valence-corrected chi connectivity index (χ3v) is 5.39. The lowest BCUT2D eigenvalue weighted by Crippen LogP contribution is -2.33. The van der Waals surface area contributed by atoms with Crippen molar-refractivity contribution in [3.8, 4) is 5.75 Å². The van der Waals surface area contributed by atoms with Gasteiger partial charge in [0.1, 0.15) is 5.75 Å². The van der Waals surface area contributed by atoms with Crippen LogP contribution in [-0.2, 0) is 4.79 Å². The van der Waals surface area contributed by atoms with E-state index in [0.29, 0.717) is 5.75 Å². The molecule has 28 heavy (non-hydrogen) atoms. The summed E-state index contributed by atoms with van der Waals surface area (Å²) >= 11 is 0. The van der Waals surface area contributed by atoms with Gasteiger partial charge in [-0.25, -0.2) is 0 Å². The number of ether oxygens (including phenoxy) is 1. The van der Waals surface area contributed by atoms with E-state index >= 15 is 0 Å². The SMILES string of the molecule is CC1CCN(c2ccccc2NC(=O)COc2ccc3ccccc3c2)CC1. The molecule has 1 fully saturated rings. The maximum absolute atomic E-state index is 12.5. The molecule has 0 atom stereocenters. The van der Waals surface area contributed by atoms with Gasteiger partial charge in [0.25, 0.3) is 5.91 Å². The van der Waals surface area contributed by atoms with Crippen LogP contribution in [0.4, 0.5) is 11.4 Å². The van der Waals surface area contributed by atoms with Crippen molar-refractivity contribution in [2.45, 2.75) is 19.8 Å². The first-order valence-corrected chi connectivity index (χ1v) is 9.94. The molecule has 0 aliphatic carbocycles. The van der Waals surface area contributed by atoms with Crippen molar-refractivity contribution in [1.29, 1.82) is 0 Å². The topological polar surface area (TPSA) is 41.6 Å². The number of rotatable bonds is 5. The highest BCUT2D eigenvalue weighted by molar-refractivity contribution is 5.95. The van der Waals surface area contributed by atoms with Gasteiger partial charge >= 0.3 is 0 Å². The molecule has 0 unspecified atom stereocenters. The van der Waals surface area contributed by atoms with Crippen LogP contribution in [0.2, 0.25) is 0 Å². The van der Waals surface area contributed by atoms with E-state index in [1.165, 1.54) is 12.8 Å². The van der Waals surface area contributed by atoms with E-state index in [1.54, 1.807) is 0 Å². The number of hydrogen-bond acceptors (Lipinski definition) is 3. The van der Waals surface area contributed by atoms with Gasteiger partial charge in [0.15, 0.2) is 6.61 Å². The van der Waals surface area contributed by atoms with Crippen molar-refractivity contribution in [3.63, 3.8) is 0 Å². The molecule has 1 saturated heterocycles. The summed E-state index contributed by atoms with van der Waals surface area (Å²) in [5.74, 6) is 1.33. The standard InChI is InChI=1S/C24H26N2O2/c1-18-12-14-26(15-13-18)23-9-5-4-8-22(23)25-24(27)17-28-21-11-10-19-6-2-3-7-20(19)16-21/h2-11,16,18H,12-15,17H2,1H3,(H,25,27). The number of para-hydroxylation sites is 2. The van der Waals surface area contributed by atoms with E-state index in [4.69, 9.17) is 4.74 Å². The molecule has 0 aromatic heterocycles. The van der Waals surface area contributed by atoms with Crippen LogP contribution in [0.1, 0.15) is 19.8 Å². The molecule has 3 aromatic carbocycles. The van der Waals surface area contributed by atoms with Gasteiger partial charge in [-0.2, -0.15) is 0 Å². The van der Waals surface area contributed by atoms with Gasteiger partial charge in [-0.15, -0.1) is 0 Å². The predicted octanol–water partition coefficient (Wildman–Crippen LogP) is 5.09. The summed E-state index contributed by atoms with van der Waals surface area (Å²) in [6.45, 7) is 4.35. The van der Waals surface area contributed by atoms with Crippen molar-refractivity contribution in [1.82, 2.24) is 0 Å². The number of carbonyl (C=O) groups excluding carboxylic acids is 1. The molecule has 3 aromatic rings. The summed E-state index contributed by atoms with van der Waals surface area (Å²) in [5, 5.41) is 5.28. The fourth-order valence-corrected chi connectivity index (χ4v) is 3.70. The molecule has 4 nitrogen and oxygen atoms in total. The molecular weight excluding hydrogens is 348 g/mol. The Kier molecular flexibility index (Phi) is 5.47. The van der Waals surface area contributed by atoms with Crippen LogP contribution in [-0.4, -0.2) is 25.6 Å². The first-order chi connectivity index (χ1) is 13.7. The molecular formula is C24H26N2O2. The van der Waals surface area contributed by atoms with Crippen LogP contribution in [0.3, 0.4) is 0 Å². The maximum Gasteiger partial charge on any atom is 0.262 e. The quantitative estimate of drug-likeness (QED) is 0.676. The number of benzene rings is 3. The molecule has 1 aliphatic heterocycles. The Morgan fingerprint density at radius 3 is 2.54 bits per heavy atom. The number of piperidine rings is 1. The Morgan fingerprint density at radius 2 is 1.71 bits per heavy atom. The number of amides is 1. The third-order valence-electron chi connectivity index (χ3n) is 5.39. The van der Waals surface area contributed by atoms with Crippen LogP contribution in [0.25, 0.3) is 10.8 Å². The second-order valence-corrected chi connectivity index (χ2v) is 7.53. The summed E-state index contributed by atoms with van der Waals surface area (Å²) < 4.78 is 5.72. The summed E-state index contributed by atoms with van der Waals surface area (Å²) in [5.41, 5.74) is 1.94. The molecule has 1 amide bonds. The Hall–Kier alpha value is -3.01. The minimum atomic E-state index is -0.147. The molecule has 144 valence electrons. The smallest absolute Gasteiger partial charge is 0.262 e. The van der Waals surface area contributed by atoms with Crippen molar-refractivity contribution < 1.29 is 9.53 Å². The molecule has 0 bridgehead atoms. The van der Waals surface area contributed by atoms with Crippen molar-refractivity contribution in [3.05, 3.63) is 66.7 Å². The highest BCUT2D eigenvalue weighted by Gasteiger charge is 2.19. The largest absolute Gasteiger partial charge is 0.484 e. The number of fused-ring (bicyclic) bond motifs is 1. The molecule has 4 rings (SSSR count). The summed E-state index contributed by atoms with van der Waals surface area (Å²) in [6.07, 6.45) is 2.38. The van der Waals surface area contributed by atoms with Gasteiger partial charge in [-0.05, 0) is 53.8 Å². The maximum atomic E-state index is 12.5. The predicted molar refractivity (Wildman–Crippen MR) is 115 cm³/mol. The molecule has 0 spiro atoms. The fourth-order valence-electron chi connectivity index (χ4n) is 3.70. The van der Waals surface area contributed by atoms with E-state index in [1.807, 2.05) is 54.6 Å². The lowest BCUT2D eigenvalue weighted by atomic mass is 9.98. The van der Waals surface area contributed by atoms with Gasteiger partial charge in [0.05, 0.1) is 11.4 Å². The second-order valence-electron chi connectivity index (χ2n) is 7.53. The molecule has 0 saturated carbocycles. The lowest BCUT2D eigenvalue weighted by Gasteiger charge is -2.33. The molecule has 1 heterocycles. The average Bonchev–Trinajstić information content (AvgIpc) is 2.73. The highest BCUT2D eigenvalue weighted by Crippen LogP contribution is 2.29. The summed E-state index contributed by atoms with van der Waals surface area (Å²) in [4.78, 5) is 14.8. The minimum Gasteiger partial charge on any atom is -0.484 e. The van der Waals surface area contributed by atoms with E-state index in [-0.39, 0.29) is 12.5 Å². The number of hydrogen-bond donors (Lipinski definition) is 1. The van der Waals surface area contributed by atoms with Crippen molar-refractivity contribution >= 4 is 28.1 Å². The molecule has 0 radical (unpaired) electrons. The van der Waals surface area contributed by atoms with Gasteiger partial charge in [-0.3, -0.25) is 4.79 Å². The Balaban J connectivity index is 1.39. The zero-order chi connectivity index (χ0) is 19.3. The highest BCUT2D eigenvalue weighted by atomic mass is 16.5. The van der Waals surface area contributed by atoms with Crippen LogP contribution < -0.4 is 15.0 Å². The normalized spacial score (nSPS) is 14.8. The monoisotopic (exact) mass is 374 g/mol. The Morgan fingerprint density at radius 1 is 1.00 bits per heavy atom. The number of nitrogens with one attached hydrogen (secondary N) is 1. The number of nitrogens with zero attached hydrogens (tertiary/aromatic N) is 1. The number of anilines is 2. The average molecular weight is 374 g/mol. The zero-order valence-corrected chi connectivity index (χ0v) is 16.2. The second kappa shape index (κ2) is 8.34. The van der Waals surface area contributed by atoms with Crippen LogP contribution >= 0.6 is 0 Å². The van der Waals surface area contributed by atoms with Crippen LogP contribution in [0, 0.1) is 5.92 Å². The molecule has 1 aliphatic rings. The first kappa shape index (κ1) is 18.4. The van der Waals surface area contributed by atoms with Crippen LogP contribution in [0.15, 0.2) is 66.7 Å². The van der Waals surface area contributed by atoms with Gasteiger partial charge in [0, 0.05) is 13.1 Å². The third kappa shape index (κ3) is 4.28. The Bertz CT molecular complexity index is 961. The fraction of sp³-hybridized carbons (Fsp3) is 0.292. The molecule has 4 heteroatoms. The summed E-state index contributed by atoms with van der Waals surface area (Å²) in [6, 6.07) is 22.0. The van der Waals surface area contributed by atoms with E-state index in [2.05, 4.69) is 29.3 Å². The first-order valence-electron chi connectivity index (χ1n) is 9.94. The van der Waals surface area contributed by atoms with Gasteiger partial charge in [-0.1, -0.05) is 49.4 Å². The number of carbonyl (C=O) groups is 1. The van der Waals surface area contributed by atoms with E-state index < -0.39 is 0 Å². The minimum absolute atomic E-state index is 0.0102. The zero-order valence-electron chi connectivity index (χ0n) is 16.2. The van der Waals surface area contributed by atoms with Gasteiger partial charge < -0.3 is 15.0 Å². The van der Waals surface area contributed by atoms with Crippen molar-refractivity contribution in [2.24, 2.45) is 5.92 Å². The van der Waals surface area contributed by atoms with Gasteiger partial charge in [0.2, 0.25) is 0 Å². The van der Waals surface area contributed by atoms with Crippen LogP contribution in [0.5, 0.6) is 5.75 Å².